The summed E-state index contributed by atoms with van der Waals surface area (Å²) in [5.74, 6) is -0.317. The molecule has 0 radical (unpaired) electrons. The topological polar surface area (TPSA) is 101 Å². The third kappa shape index (κ3) is 3.68. The molecule has 1 N–H and O–H groups in total. The zero-order valence-corrected chi connectivity index (χ0v) is 20.5. The van der Waals surface area contributed by atoms with Gasteiger partial charge in [-0.1, -0.05) is 0 Å². The lowest BCUT2D eigenvalue weighted by Crippen LogP contribution is -2.41. The number of nitrogens with one attached hydrogen (secondary N) is 1. The highest BCUT2D eigenvalue weighted by Crippen LogP contribution is 2.37. The van der Waals surface area contributed by atoms with Gasteiger partial charge >= 0.3 is 6.18 Å². The number of pyridine rings is 2. The number of aryl methyl sites for hydroxylation is 1. The average molecular weight is 532 g/mol. The van der Waals surface area contributed by atoms with Gasteiger partial charge in [0.1, 0.15) is 6.04 Å². The van der Waals surface area contributed by atoms with E-state index in [-0.39, 0.29) is 11.4 Å². The molecule has 0 saturated heterocycles. The zero-order valence-electron chi connectivity index (χ0n) is 20.5. The summed E-state index contributed by atoms with van der Waals surface area (Å²) in [6.45, 7) is 0.321. The maximum Gasteiger partial charge on any atom is 0.418 e. The van der Waals surface area contributed by atoms with Gasteiger partial charge in [-0.3, -0.25) is 9.48 Å². The number of rotatable bonds is 3. The van der Waals surface area contributed by atoms with Crippen LogP contribution in [0.25, 0.3) is 22.3 Å². The van der Waals surface area contributed by atoms with E-state index in [4.69, 9.17) is 0 Å². The number of fused-ring (bicyclic) bond motifs is 3. The van der Waals surface area contributed by atoms with E-state index in [2.05, 4.69) is 25.3 Å². The molecule has 1 aliphatic rings. The zero-order chi connectivity index (χ0) is 26.9. The molecular formula is C26H20F3N9O. The van der Waals surface area contributed by atoms with E-state index in [1.165, 1.54) is 35.4 Å². The predicted octanol–water partition coefficient (Wildman–Crippen LogP) is 3.91. The number of imidazole rings is 1. The molecule has 0 unspecified atom stereocenters. The molecule has 0 fully saturated rings. The summed E-state index contributed by atoms with van der Waals surface area (Å²) in [6, 6.07) is 8.48. The summed E-state index contributed by atoms with van der Waals surface area (Å²) in [5, 5.41) is 13.3. The van der Waals surface area contributed by atoms with E-state index in [9.17, 15) is 18.0 Å². The number of carbonyl (C=O) groups is 1. The minimum absolute atomic E-state index is 0.0897. The van der Waals surface area contributed by atoms with Crippen molar-refractivity contribution in [1.29, 1.82) is 0 Å². The first-order valence-corrected chi connectivity index (χ1v) is 12.1. The van der Waals surface area contributed by atoms with Crippen LogP contribution in [-0.4, -0.2) is 56.3 Å². The average Bonchev–Trinajstić information content (AvgIpc) is 3.71. The Balaban J connectivity index is 1.31. The van der Waals surface area contributed by atoms with Crippen molar-refractivity contribution in [3.05, 3.63) is 95.7 Å². The Morgan fingerprint density at radius 1 is 1.08 bits per heavy atom. The summed E-state index contributed by atoms with van der Waals surface area (Å²) < 4.78 is 45.6. The first kappa shape index (κ1) is 23.2. The fraction of sp³-hybridized carbons (Fsp3) is 0.192. The van der Waals surface area contributed by atoms with Gasteiger partial charge in [-0.15, -0.1) is 0 Å². The molecule has 0 bridgehead atoms. The van der Waals surface area contributed by atoms with Crippen LogP contribution in [0.15, 0.2) is 67.5 Å². The van der Waals surface area contributed by atoms with Crippen molar-refractivity contribution in [2.45, 2.75) is 18.6 Å². The maximum atomic E-state index is 14.0. The molecule has 0 spiro atoms. The maximum absolute atomic E-state index is 14.0. The number of halogens is 3. The SMILES string of the molecule is Cn1ccc(-c2ccc3c(C(=O)N4CCc5[nH]cnc5[C@H]4c4cc5c(C(F)(F)F)cccn5n4)cnn3c2)n1. The normalized spacial score (nSPS) is 15.8. The van der Waals surface area contributed by atoms with Crippen LogP contribution in [0.1, 0.15) is 39.0 Å². The van der Waals surface area contributed by atoms with Gasteiger partial charge in [0.2, 0.25) is 0 Å². The Bertz CT molecular complexity index is 1880. The van der Waals surface area contributed by atoms with Crippen LogP contribution in [0.3, 0.4) is 0 Å². The molecular weight excluding hydrogens is 511 g/mol. The molecule has 13 heteroatoms. The molecule has 6 aromatic heterocycles. The second-order valence-electron chi connectivity index (χ2n) is 9.42. The predicted molar refractivity (Wildman–Crippen MR) is 133 cm³/mol. The quantitative estimate of drug-likeness (QED) is 0.373. The molecule has 0 aromatic carbocycles. The van der Waals surface area contributed by atoms with E-state index in [1.54, 1.807) is 20.3 Å². The minimum atomic E-state index is -4.55. The second-order valence-corrected chi connectivity index (χ2v) is 9.42. The minimum Gasteiger partial charge on any atom is -0.348 e. The van der Waals surface area contributed by atoms with Gasteiger partial charge in [0, 0.05) is 49.9 Å². The second kappa shape index (κ2) is 8.28. The van der Waals surface area contributed by atoms with Crippen molar-refractivity contribution in [1.82, 2.24) is 43.9 Å². The molecule has 7 heterocycles. The molecule has 1 atom stereocenters. The fourth-order valence-corrected chi connectivity index (χ4v) is 5.23. The summed E-state index contributed by atoms with van der Waals surface area (Å²) in [7, 11) is 1.83. The highest BCUT2D eigenvalue weighted by molar-refractivity contribution is 6.01. The lowest BCUT2D eigenvalue weighted by atomic mass is 9.98. The highest BCUT2D eigenvalue weighted by atomic mass is 19.4. The van der Waals surface area contributed by atoms with Crippen LogP contribution in [0.5, 0.6) is 0 Å². The van der Waals surface area contributed by atoms with Gasteiger partial charge in [-0.2, -0.15) is 28.5 Å². The Labute approximate surface area is 218 Å². The van der Waals surface area contributed by atoms with Crippen molar-refractivity contribution >= 4 is 16.9 Å². The number of alkyl halides is 3. The number of aromatic amines is 1. The Kier molecular flexibility index (Phi) is 4.93. The number of hydrogen-bond acceptors (Lipinski definition) is 5. The largest absolute Gasteiger partial charge is 0.418 e. The fourth-order valence-electron chi connectivity index (χ4n) is 5.23. The van der Waals surface area contributed by atoms with Gasteiger partial charge in [0.15, 0.2) is 0 Å². The van der Waals surface area contributed by atoms with Crippen LogP contribution in [0, 0.1) is 0 Å². The summed E-state index contributed by atoms with van der Waals surface area (Å²) in [5.41, 5.74) is 3.35. The Hall–Kier alpha value is -4.94. The Morgan fingerprint density at radius 3 is 2.74 bits per heavy atom. The van der Waals surface area contributed by atoms with Crippen molar-refractivity contribution in [2.24, 2.45) is 7.05 Å². The molecule has 6 aromatic rings. The number of carbonyl (C=O) groups excluding carboxylic acids is 1. The molecule has 196 valence electrons. The standard InChI is InChI=1S/C26H20F3N9O/c1-35-9-6-18(33-35)15-4-5-21-16(12-32-38(21)13-15)25(39)36-10-7-19-23(31-14-30-19)24(36)20-11-22-17(26(27,28)29)3-2-8-37(22)34-20/h2-6,8-9,11-14,24H,7,10H2,1H3,(H,30,31)/t24-/m1/s1. The third-order valence-corrected chi connectivity index (χ3v) is 7.05. The number of nitrogens with zero attached hydrogens (tertiary/aromatic N) is 8. The molecule has 0 aliphatic carbocycles. The smallest absolute Gasteiger partial charge is 0.348 e. The molecule has 1 aliphatic heterocycles. The van der Waals surface area contributed by atoms with E-state index in [0.717, 1.165) is 23.0 Å². The molecule has 10 nitrogen and oxygen atoms in total. The molecule has 1 amide bonds. The van der Waals surface area contributed by atoms with Crippen LogP contribution < -0.4 is 0 Å². The van der Waals surface area contributed by atoms with Crippen LogP contribution in [0.4, 0.5) is 13.2 Å². The van der Waals surface area contributed by atoms with Gasteiger partial charge in [0.25, 0.3) is 5.91 Å². The van der Waals surface area contributed by atoms with Crippen LogP contribution >= 0.6 is 0 Å². The molecule has 7 rings (SSSR count). The first-order chi connectivity index (χ1) is 18.8. The van der Waals surface area contributed by atoms with Crippen LogP contribution in [0.2, 0.25) is 0 Å². The Morgan fingerprint density at radius 2 is 1.95 bits per heavy atom. The van der Waals surface area contributed by atoms with E-state index < -0.39 is 17.8 Å². The molecule has 0 saturated carbocycles. The lowest BCUT2D eigenvalue weighted by molar-refractivity contribution is -0.136. The van der Waals surface area contributed by atoms with Gasteiger partial charge in [-0.25, -0.2) is 14.0 Å². The van der Waals surface area contributed by atoms with Gasteiger partial charge < -0.3 is 9.88 Å². The first-order valence-electron chi connectivity index (χ1n) is 12.1. The van der Waals surface area contributed by atoms with Crippen molar-refractivity contribution < 1.29 is 18.0 Å². The van der Waals surface area contributed by atoms with Crippen LogP contribution in [-0.2, 0) is 19.6 Å². The van der Waals surface area contributed by atoms with Crippen molar-refractivity contribution in [2.75, 3.05) is 6.54 Å². The number of H-pyrrole nitrogens is 1. The van der Waals surface area contributed by atoms with E-state index in [0.29, 0.717) is 35.4 Å². The number of hydrogen-bond donors (Lipinski definition) is 1. The van der Waals surface area contributed by atoms with E-state index >= 15 is 0 Å². The molecule has 39 heavy (non-hydrogen) atoms. The third-order valence-electron chi connectivity index (χ3n) is 7.05. The number of amides is 1. The van der Waals surface area contributed by atoms with Gasteiger partial charge in [-0.05, 0) is 36.4 Å². The van der Waals surface area contributed by atoms with Gasteiger partial charge in [0.05, 0.1) is 51.8 Å². The summed E-state index contributed by atoms with van der Waals surface area (Å²) in [6.07, 6.45) is 4.09. The summed E-state index contributed by atoms with van der Waals surface area (Å²) >= 11 is 0. The van der Waals surface area contributed by atoms with Crippen molar-refractivity contribution in [3.8, 4) is 11.3 Å². The monoisotopic (exact) mass is 531 g/mol. The summed E-state index contributed by atoms with van der Waals surface area (Å²) in [4.78, 5) is 23.1. The lowest BCUT2D eigenvalue weighted by Gasteiger charge is -2.33. The van der Waals surface area contributed by atoms with E-state index in [1.807, 2.05) is 31.4 Å². The number of aromatic nitrogens is 8. The van der Waals surface area contributed by atoms with Crippen molar-refractivity contribution in [3.63, 3.8) is 0 Å². The highest BCUT2D eigenvalue weighted by Gasteiger charge is 2.39.